The Morgan fingerprint density at radius 3 is 1.75 bits per heavy atom. The molecule has 5 nitrogen and oxygen atoms in total. The van der Waals surface area contributed by atoms with Crippen LogP contribution in [-0.2, 0) is 0 Å². The summed E-state index contributed by atoms with van der Waals surface area (Å²) in [4.78, 5) is 1.97. The van der Waals surface area contributed by atoms with Gasteiger partial charge in [0.2, 0.25) is 0 Å². The van der Waals surface area contributed by atoms with Crippen molar-refractivity contribution in [2.24, 2.45) is 5.11 Å². The molecule has 0 aliphatic rings. The van der Waals surface area contributed by atoms with Crippen LogP contribution in [0.2, 0.25) is 0 Å². The summed E-state index contributed by atoms with van der Waals surface area (Å²) in [5.74, 6) is -8.06. The molecule has 1 rings (SSSR count). The van der Waals surface area contributed by atoms with Crippen LogP contribution in [0.5, 0.6) is 0 Å². The van der Waals surface area contributed by atoms with Crippen LogP contribution in [0.4, 0.5) is 23.2 Å². The van der Waals surface area contributed by atoms with Gasteiger partial charge in [-0.05, 0) is 5.53 Å². The molecule has 0 spiro atoms. The summed E-state index contributed by atoms with van der Waals surface area (Å²) in [7, 11) is 0. The number of hydrogen-bond acceptors (Lipinski definition) is 3. The number of aliphatic hydroxyl groups excluding tert-OH is 1. The van der Waals surface area contributed by atoms with Crippen LogP contribution in [0.25, 0.3) is 10.4 Å². The van der Waals surface area contributed by atoms with Crippen molar-refractivity contribution in [3.63, 3.8) is 0 Å². The highest BCUT2D eigenvalue weighted by atomic mass is 19.2. The first-order chi connectivity index (χ1) is 7.41. The summed E-state index contributed by atoms with van der Waals surface area (Å²) < 4.78 is 51.9. The Bertz CT molecular complexity index is 456. The quantitative estimate of drug-likeness (QED) is 0.206. The van der Waals surface area contributed by atoms with Crippen molar-refractivity contribution < 1.29 is 27.8 Å². The van der Waals surface area contributed by atoms with Crippen LogP contribution in [0.1, 0.15) is 11.9 Å². The minimum absolute atomic E-state index is 1.51. The molecule has 0 fully saturated rings. The number of rotatable bonds is 2. The predicted molar refractivity (Wildman–Crippen MR) is 42.3 cm³/mol. The third-order valence-corrected chi connectivity index (χ3v) is 1.68. The van der Waals surface area contributed by atoms with Crippen molar-refractivity contribution in [1.29, 1.82) is 0 Å². The predicted octanol–water partition coefficient (Wildman–Crippen LogP) is 2.17. The van der Waals surface area contributed by atoms with Crippen molar-refractivity contribution in [1.82, 2.24) is 0 Å². The average Bonchev–Trinajstić information content (AvgIpc) is 2.21. The number of halogens is 4. The monoisotopic (exact) mass is 237 g/mol. The third kappa shape index (κ3) is 1.78. The molecule has 2 N–H and O–H groups in total. The second kappa shape index (κ2) is 4.35. The molecule has 0 atom stereocenters. The number of azide groups is 1. The zero-order valence-electron chi connectivity index (χ0n) is 7.33. The molecule has 0 heterocycles. The minimum atomic E-state index is -2.73. The van der Waals surface area contributed by atoms with Crippen molar-refractivity contribution >= 4 is 5.69 Å². The third-order valence-electron chi connectivity index (χ3n) is 1.68. The summed E-state index contributed by atoms with van der Waals surface area (Å²) >= 11 is 0. The van der Waals surface area contributed by atoms with Gasteiger partial charge in [0, 0.05) is 4.91 Å². The molecule has 1 aromatic carbocycles. The van der Waals surface area contributed by atoms with E-state index in [1.54, 1.807) is 0 Å². The highest BCUT2D eigenvalue weighted by Crippen LogP contribution is 2.32. The average molecular weight is 237 g/mol. The molecule has 16 heavy (non-hydrogen) atoms. The Morgan fingerprint density at radius 2 is 1.44 bits per heavy atom. The molecule has 0 radical (unpaired) electrons. The van der Waals surface area contributed by atoms with Gasteiger partial charge in [0.25, 0.3) is 0 Å². The fourth-order valence-corrected chi connectivity index (χ4v) is 0.996. The maximum Gasteiger partial charge on any atom is 0.184 e. The molecule has 0 aromatic heterocycles. The van der Waals surface area contributed by atoms with E-state index in [9.17, 15) is 17.6 Å². The largest absolute Gasteiger partial charge is 0.364 e. The number of aliphatic hydroxyl groups is 2. The van der Waals surface area contributed by atoms with Gasteiger partial charge in [0.1, 0.15) is 5.69 Å². The van der Waals surface area contributed by atoms with E-state index >= 15 is 0 Å². The van der Waals surface area contributed by atoms with Gasteiger partial charge in [-0.3, -0.25) is 0 Å². The van der Waals surface area contributed by atoms with E-state index < -0.39 is 40.8 Å². The summed E-state index contributed by atoms with van der Waals surface area (Å²) in [6.07, 6.45) is -2.73. The second-order valence-electron chi connectivity index (χ2n) is 2.58. The maximum absolute atomic E-state index is 13.0. The van der Waals surface area contributed by atoms with E-state index in [1.165, 1.54) is 0 Å². The van der Waals surface area contributed by atoms with Gasteiger partial charge in [-0.15, -0.1) is 0 Å². The van der Waals surface area contributed by atoms with Crippen molar-refractivity contribution in [2.75, 3.05) is 0 Å². The Labute approximate surface area is 85.2 Å². The second-order valence-corrected chi connectivity index (χ2v) is 2.58. The first-order valence-corrected chi connectivity index (χ1v) is 3.68. The normalized spacial score (nSPS) is 10.4. The van der Waals surface area contributed by atoms with Crippen LogP contribution in [-0.4, -0.2) is 10.2 Å². The van der Waals surface area contributed by atoms with Gasteiger partial charge < -0.3 is 10.2 Å². The van der Waals surface area contributed by atoms with Crippen LogP contribution < -0.4 is 0 Å². The van der Waals surface area contributed by atoms with E-state index in [2.05, 4.69) is 5.11 Å². The van der Waals surface area contributed by atoms with Crippen LogP contribution in [0.3, 0.4) is 0 Å². The molecular weight excluding hydrogens is 234 g/mol. The Balaban J connectivity index is 3.69. The lowest BCUT2D eigenvalue weighted by molar-refractivity contribution is -0.0484. The summed E-state index contributed by atoms with van der Waals surface area (Å²) in [6.45, 7) is 0. The standard InChI is InChI=1S/C7H3F4N3O2/c8-2-1(7(15)16)3(9)5(11)6(4(2)10)13-14-12/h7,15-16H. The maximum atomic E-state index is 13.0. The van der Waals surface area contributed by atoms with E-state index in [-0.39, 0.29) is 0 Å². The van der Waals surface area contributed by atoms with Crippen LogP contribution in [0.15, 0.2) is 5.11 Å². The Morgan fingerprint density at radius 1 is 1.00 bits per heavy atom. The molecule has 0 saturated carbocycles. The zero-order valence-corrected chi connectivity index (χ0v) is 7.33. The molecule has 86 valence electrons. The smallest absolute Gasteiger partial charge is 0.184 e. The lowest BCUT2D eigenvalue weighted by Crippen LogP contribution is -2.08. The van der Waals surface area contributed by atoms with Crippen molar-refractivity contribution in [3.8, 4) is 0 Å². The molecular formula is C7H3F4N3O2. The van der Waals surface area contributed by atoms with Gasteiger partial charge >= 0.3 is 0 Å². The number of hydrogen-bond donors (Lipinski definition) is 2. The fraction of sp³-hybridized carbons (Fsp3) is 0.143. The zero-order chi connectivity index (χ0) is 12.5. The minimum Gasteiger partial charge on any atom is -0.364 e. The lowest BCUT2D eigenvalue weighted by Gasteiger charge is -2.10. The Kier molecular flexibility index (Phi) is 3.33. The summed E-state index contributed by atoms with van der Waals surface area (Å²) in [5.41, 5.74) is 4.81. The molecule has 1 aromatic rings. The molecule has 0 aliphatic heterocycles. The van der Waals surface area contributed by atoms with Gasteiger partial charge in [-0.1, -0.05) is 5.11 Å². The first-order valence-electron chi connectivity index (χ1n) is 3.68. The van der Waals surface area contributed by atoms with Crippen LogP contribution in [0, 0.1) is 23.3 Å². The molecule has 0 unspecified atom stereocenters. The first kappa shape index (κ1) is 12.2. The highest BCUT2D eigenvalue weighted by Gasteiger charge is 2.27. The molecule has 9 heteroatoms. The fourth-order valence-electron chi connectivity index (χ4n) is 0.996. The summed E-state index contributed by atoms with van der Waals surface area (Å²) in [5, 5.41) is 19.4. The SMILES string of the molecule is [N-]=[N+]=Nc1c(F)c(F)c(C(O)O)c(F)c1F. The number of benzene rings is 1. The topological polar surface area (TPSA) is 89.2 Å². The molecule has 0 saturated heterocycles. The lowest BCUT2D eigenvalue weighted by atomic mass is 10.1. The van der Waals surface area contributed by atoms with Crippen molar-refractivity contribution in [2.45, 2.75) is 6.29 Å². The summed E-state index contributed by atoms with van der Waals surface area (Å²) in [6, 6.07) is 0. The molecule has 0 bridgehead atoms. The van der Waals surface area contributed by atoms with Crippen LogP contribution >= 0.6 is 0 Å². The number of nitrogens with zero attached hydrogens (tertiary/aromatic N) is 3. The van der Waals surface area contributed by atoms with E-state index in [4.69, 9.17) is 15.7 Å². The molecule has 0 aliphatic carbocycles. The van der Waals surface area contributed by atoms with Gasteiger partial charge in [0.05, 0.1) is 5.56 Å². The van der Waals surface area contributed by atoms with E-state index in [0.717, 1.165) is 0 Å². The van der Waals surface area contributed by atoms with Gasteiger partial charge in [0.15, 0.2) is 29.6 Å². The van der Waals surface area contributed by atoms with Crippen molar-refractivity contribution in [3.05, 3.63) is 39.3 Å². The van der Waals surface area contributed by atoms with Gasteiger partial charge in [-0.2, -0.15) is 0 Å². The molecule has 0 amide bonds. The van der Waals surface area contributed by atoms with E-state index in [1.807, 2.05) is 4.91 Å². The van der Waals surface area contributed by atoms with E-state index in [0.29, 0.717) is 0 Å². The Hall–Kier alpha value is -1.83. The highest BCUT2D eigenvalue weighted by molar-refractivity contribution is 5.44. The van der Waals surface area contributed by atoms with Gasteiger partial charge in [-0.25, -0.2) is 17.6 Å².